The number of ether oxygens (including phenoxy) is 2. The fourth-order valence-corrected chi connectivity index (χ4v) is 4.45. The average molecular weight is 434 g/mol. The van der Waals surface area contributed by atoms with Gasteiger partial charge in [-0.15, -0.1) is 0 Å². The fourth-order valence-electron chi connectivity index (χ4n) is 4.45. The van der Waals surface area contributed by atoms with E-state index in [0.29, 0.717) is 56.5 Å². The van der Waals surface area contributed by atoms with Gasteiger partial charge in [0.25, 0.3) is 11.8 Å². The van der Waals surface area contributed by atoms with Crippen LogP contribution < -0.4 is 9.64 Å². The van der Waals surface area contributed by atoms with Crippen LogP contribution >= 0.6 is 0 Å². The number of amides is 1. The summed E-state index contributed by atoms with van der Waals surface area (Å²) in [5.74, 6) is -1.48. The Labute approximate surface area is 177 Å². The Bertz CT molecular complexity index is 1020. The number of nitrogens with zero attached hydrogens (tertiary/aromatic N) is 2. The van der Waals surface area contributed by atoms with Crippen molar-refractivity contribution in [3.05, 3.63) is 29.1 Å². The van der Waals surface area contributed by atoms with Crippen LogP contribution in [0.4, 0.5) is 20.4 Å². The second kappa shape index (κ2) is 7.37. The number of carbonyl (C=O) groups is 2. The Morgan fingerprint density at radius 1 is 1.32 bits per heavy atom. The number of aromatic nitrogens is 2. The van der Waals surface area contributed by atoms with Crippen molar-refractivity contribution in [2.24, 2.45) is 5.92 Å². The Morgan fingerprint density at radius 2 is 2.13 bits per heavy atom. The number of aromatic amines is 2. The first-order valence-corrected chi connectivity index (χ1v) is 10.5. The van der Waals surface area contributed by atoms with Gasteiger partial charge in [0.2, 0.25) is 0 Å². The van der Waals surface area contributed by atoms with Crippen molar-refractivity contribution >= 4 is 23.3 Å². The minimum atomic E-state index is -2.82. The van der Waals surface area contributed by atoms with Gasteiger partial charge in [0, 0.05) is 25.2 Å². The quantitative estimate of drug-likeness (QED) is 0.683. The third-order valence-electron chi connectivity index (χ3n) is 6.04. The molecule has 4 heterocycles. The van der Waals surface area contributed by atoms with Crippen LogP contribution in [0.3, 0.4) is 0 Å². The van der Waals surface area contributed by atoms with Crippen LogP contribution in [0.2, 0.25) is 0 Å². The molecule has 10 heteroatoms. The van der Waals surface area contributed by atoms with E-state index in [4.69, 9.17) is 9.47 Å². The molecule has 1 saturated heterocycles. The van der Waals surface area contributed by atoms with Gasteiger partial charge in [-0.25, -0.2) is 8.78 Å². The lowest BCUT2D eigenvalue weighted by Crippen LogP contribution is -2.58. The smallest absolute Gasteiger partial charge is 0.282 e. The molecule has 3 aliphatic rings. The summed E-state index contributed by atoms with van der Waals surface area (Å²) in [5.41, 5.74) is 1.80. The van der Waals surface area contributed by atoms with E-state index in [0.717, 1.165) is 16.3 Å². The maximum absolute atomic E-state index is 13.1. The molecule has 2 aromatic heterocycles. The van der Waals surface area contributed by atoms with Crippen molar-refractivity contribution in [1.29, 1.82) is 0 Å². The van der Waals surface area contributed by atoms with Crippen molar-refractivity contribution in [3.63, 3.8) is 0 Å². The number of likely N-dealkylation sites (tertiary alicyclic amines) is 1. The summed E-state index contributed by atoms with van der Waals surface area (Å²) in [6.45, 7) is 2.90. The predicted octanol–water partition coefficient (Wildman–Crippen LogP) is 2.75. The monoisotopic (exact) mass is 434 g/mol. The highest BCUT2D eigenvalue weighted by atomic mass is 19.3. The van der Waals surface area contributed by atoms with E-state index in [-0.39, 0.29) is 17.4 Å². The van der Waals surface area contributed by atoms with Crippen LogP contribution in [-0.4, -0.2) is 71.9 Å². The van der Waals surface area contributed by atoms with Gasteiger partial charge in [-0.05, 0) is 31.4 Å². The van der Waals surface area contributed by atoms with Gasteiger partial charge in [0.1, 0.15) is 18.1 Å². The van der Waals surface area contributed by atoms with E-state index in [9.17, 15) is 18.4 Å². The molecule has 0 bridgehead atoms. The highest BCUT2D eigenvalue weighted by Gasteiger charge is 2.47. The number of ketones is 1. The van der Waals surface area contributed by atoms with Gasteiger partial charge in [0.05, 0.1) is 25.3 Å². The van der Waals surface area contributed by atoms with Crippen molar-refractivity contribution in [1.82, 2.24) is 14.9 Å². The molecule has 2 N–H and O–H groups in total. The first-order valence-electron chi connectivity index (χ1n) is 10.5. The maximum Gasteiger partial charge on any atom is 0.282 e. The third-order valence-corrected chi connectivity index (χ3v) is 6.04. The third kappa shape index (κ3) is 3.48. The molecule has 0 aromatic carbocycles. The molecule has 0 radical (unpaired) electrons. The van der Waals surface area contributed by atoms with Gasteiger partial charge in [-0.1, -0.05) is 0 Å². The molecule has 0 saturated carbocycles. The van der Waals surface area contributed by atoms with Gasteiger partial charge in [-0.3, -0.25) is 9.59 Å². The zero-order valence-corrected chi connectivity index (χ0v) is 17.2. The highest BCUT2D eigenvalue weighted by molar-refractivity contribution is 6.01. The van der Waals surface area contributed by atoms with Crippen molar-refractivity contribution in [2.45, 2.75) is 25.7 Å². The van der Waals surface area contributed by atoms with E-state index in [1.165, 1.54) is 0 Å². The molecule has 0 spiro atoms. The first kappa shape index (κ1) is 20.0. The SMILES string of the molecule is CCOCC[C@@H]1Cc2cc(N3CCOc4cc(C(=O)N5CC(F)(F)C5)[nH]c43)[nH]c2C1=O. The number of carbonyl (C=O) groups excluding carboxylic acids is 2. The van der Waals surface area contributed by atoms with Crippen molar-refractivity contribution < 1.29 is 27.8 Å². The van der Waals surface area contributed by atoms with Crippen LogP contribution in [-0.2, 0) is 11.2 Å². The molecular formula is C21H24F2N4O4. The largest absolute Gasteiger partial charge is 0.488 e. The second-order valence-electron chi connectivity index (χ2n) is 8.22. The van der Waals surface area contributed by atoms with E-state index in [1.807, 2.05) is 17.9 Å². The van der Waals surface area contributed by atoms with Crippen LogP contribution in [0, 0.1) is 5.92 Å². The second-order valence-corrected chi connectivity index (χ2v) is 8.22. The lowest BCUT2D eigenvalue weighted by molar-refractivity contribution is -0.113. The average Bonchev–Trinajstić information content (AvgIpc) is 3.40. The molecule has 5 rings (SSSR count). The van der Waals surface area contributed by atoms with E-state index >= 15 is 0 Å². The molecule has 31 heavy (non-hydrogen) atoms. The first-order chi connectivity index (χ1) is 14.9. The summed E-state index contributed by atoms with van der Waals surface area (Å²) in [4.78, 5) is 34.5. The van der Waals surface area contributed by atoms with Crippen LogP contribution in [0.5, 0.6) is 5.75 Å². The maximum atomic E-state index is 13.1. The summed E-state index contributed by atoms with van der Waals surface area (Å²) in [7, 11) is 0. The summed E-state index contributed by atoms with van der Waals surface area (Å²) in [5, 5.41) is 0. The topological polar surface area (TPSA) is 90.7 Å². The molecule has 2 aromatic rings. The highest BCUT2D eigenvalue weighted by Crippen LogP contribution is 2.40. The normalized spacial score (nSPS) is 21.5. The van der Waals surface area contributed by atoms with Crippen molar-refractivity contribution in [3.8, 4) is 5.75 Å². The van der Waals surface area contributed by atoms with Crippen LogP contribution in [0.15, 0.2) is 12.1 Å². The van der Waals surface area contributed by atoms with Gasteiger partial charge in [-0.2, -0.15) is 0 Å². The molecule has 1 atom stereocenters. The molecular weight excluding hydrogens is 410 g/mol. The Kier molecular flexibility index (Phi) is 4.76. The molecule has 8 nitrogen and oxygen atoms in total. The number of H-pyrrole nitrogens is 2. The zero-order chi connectivity index (χ0) is 21.8. The Hall–Kier alpha value is -2.88. The van der Waals surface area contributed by atoms with Crippen LogP contribution in [0.25, 0.3) is 0 Å². The zero-order valence-electron chi connectivity index (χ0n) is 17.2. The van der Waals surface area contributed by atoms with E-state index < -0.39 is 24.9 Å². The van der Waals surface area contributed by atoms with Crippen LogP contribution in [0.1, 0.15) is 39.9 Å². The fraction of sp³-hybridized carbons (Fsp3) is 0.524. The number of hydrogen-bond acceptors (Lipinski definition) is 5. The number of halogens is 2. The minimum absolute atomic E-state index is 0.0635. The molecule has 1 aliphatic carbocycles. The number of Topliss-reactive ketones (excluding diaryl/α,β-unsaturated/α-hetero) is 1. The Morgan fingerprint density at radius 3 is 2.84 bits per heavy atom. The predicted molar refractivity (Wildman–Crippen MR) is 108 cm³/mol. The molecule has 1 amide bonds. The number of hydrogen-bond donors (Lipinski definition) is 2. The molecule has 166 valence electrons. The summed E-state index contributed by atoms with van der Waals surface area (Å²) in [6.07, 6.45) is 1.37. The molecule has 2 aliphatic heterocycles. The summed E-state index contributed by atoms with van der Waals surface area (Å²) < 4.78 is 37.3. The molecule has 0 unspecified atom stereocenters. The van der Waals surface area contributed by atoms with Crippen molar-refractivity contribution in [2.75, 3.05) is 44.4 Å². The number of anilines is 2. The van der Waals surface area contributed by atoms with Gasteiger partial charge in [0.15, 0.2) is 17.4 Å². The molecule has 1 fully saturated rings. The van der Waals surface area contributed by atoms with Gasteiger partial charge < -0.3 is 29.2 Å². The summed E-state index contributed by atoms with van der Waals surface area (Å²) >= 11 is 0. The number of rotatable bonds is 6. The van der Waals surface area contributed by atoms with E-state index in [2.05, 4.69) is 9.97 Å². The lowest BCUT2D eigenvalue weighted by atomic mass is 10.0. The number of alkyl halides is 2. The van der Waals surface area contributed by atoms with Gasteiger partial charge >= 0.3 is 0 Å². The Balaban J connectivity index is 1.33. The van der Waals surface area contributed by atoms with E-state index in [1.54, 1.807) is 6.07 Å². The standard InChI is InChI=1S/C21H24F2N4O4/c1-2-30-5-3-12-7-13-8-16(25-17(13)18(12)28)27-4-6-31-15-9-14(24-19(15)27)20(29)26-10-21(22,23)11-26/h8-9,12,24-25H,2-7,10-11H2,1H3/t12-/m1/s1. The number of fused-ring (bicyclic) bond motifs is 2. The summed E-state index contributed by atoms with van der Waals surface area (Å²) in [6, 6.07) is 3.51. The lowest BCUT2D eigenvalue weighted by Gasteiger charge is -2.38. The number of nitrogens with one attached hydrogen (secondary N) is 2. The minimum Gasteiger partial charge on any atom is -0.488 e.